The second-order valence-electron chi connectivity index (χ2n) is 7.36. The van der Waals surface area contributed by atoms with Gasteiger partial charge in [0.25, 0.3) is 5.56 Å². The lowest BCUT2D eigenvalue weighted by atomic mass is 9.83. The molecule has 4 rings (SSSR count). The maximum Gasteiger partial charge on any atom is 0.344 e. The Hall–Kier alpha value is -2.55. The number of hydrogen-bond donors (Lipinski definition) is 1. The number of H-pyrrole nitrogens is 1. The highest BCUT2D eigenvalue weighted by atomic mass is 79.9. The Morgan fingerprint density at radius 2 is 1.90 bits per heavy atom. The maximum atomic E-state index is 14.9. The largest absolute Gasteiger partial charge is 0.462 e. The second kappa shape index (κ2) is 8.29. The van der Waals surface area contributed by atoms with E-state index in [1.54, 1.807) is 6.92 Å². The van der Waals surface area contributed by atoms with Crippen LogP contribution in [0.4, 0.5) is 8.78 Å². The van der Waals surface area contributed by atoms with E-state index in [0.29, 0.717) is 0 Å². The van der Waals surface area contributed by atoms with Crippen LogP contribution in [0.15, 0.2) is 27.6 Å². The number of hydrogen-bond acceptors (Lipinski definition) is 4. The molecule has 30 heavy (non-hydrogen) atoms. The van der Waals surface area contributed by atoms with Crippen molar-refractivity contribution in [1.29, 1.82) is 0 Å². The summed E-state index contributed by atoms with van der Waals surface area (Å²) in [6.07, 6.45) is 4.54. The Morgan fingerprint density at radius 3 is 2.53 bits per heavy atom. The van der Waals surface area contributed by atoms with Crippen LogP contribution < -0.4 is 5.56 Å². The van der Waals surface area contributed by atoms with Crippen molar-refractivity contribution in [3.63, 3.8) is 0 Å². The Balaban J connectivity index is 1.82. The van der Waals surface area contributed by atoms with Gasteiger partial charge >= 0.3 is 5.97 Å². The van der Waals surface area contributed by atoms with Gasteiger partial charge in [0.15, 0.2) is 5.65 Å². The predicted octanol–water partition coefficient (Wildman–Crippen LogP) is 4.95. The van der Waals surface area contributed by atoms with Crippen LogP contribution in [0, 0.1) is 11.6 Å². The third-order valence-corrected chi connectivity index (χ3v) is 6.01. The molecular formula is C21H20BrF2N3O3. The lowest BCUT2D eigenvalue weighted by molar-refractivity contribution is 0.0527. The molecule has 158 valence electrons. The number of aromatic nitrogens is 3. The summed E-state index contributed by atoms with van der Waals surface area (Å²) in [6.45, 7) is 1.80. The number of aromatic amines is 1. The minimum atomic E-state index is -0.669. The molecule has 6 nitrogen and oxygen atoms in total. The van der Waals surface area contributed by atoms with Gasteiger partial charge in [-0.3, -0.25) is 4.79 Å². The van der Waals surface area contributed by atoms with Crippen molar-refractivity contribution in [2.75, 3.05) is 6.61 Å². The molecule has 1 N–H and O–H groups in total. The number of carbonyl (C=O) groups excluding carboxylic acids is 1. The molecule has 0 radical (unpaired) electrons. The average molecular weight is 480 g/mol. The minimum Gasteiger partial charge on any atom is -0.462 e. The van der Waals surface area contributed by atoms with Gasteiger partial charge in [0.1, 0.15) is 21.8 Å². The normalized spacial score (nSPS) is 14.9. The first-order valence-corrected chi connectivity index (χ1v) is 10.7. The van der Waals surface area contributed by atoms with Crippen LogP contribution >= 0.6 is 15.9 Å². The number of nitrogens with zero attached hydrogens (tertiary/aromatic N) is 2. The molecule has 1 aromatic carbocycles. The highest BCUT2D eigenvalue weighted by Crippen LogP contribution is 2.37. The molecule has 0 aliphatic heterocycles. The smallest absolute Gasteiger partial charge is 0.344 e. The first-order valence-electron chi connectivity index (χ1n) is 9.88. The third kappa shape index (κ3) is 3.66. The SMILES string of the molecule is CCOC(=O)c1c(Br)nn2c(=O)cc(-c3cc(F)c(C4CCCCC4)c(F)c3)[nH]c12. The fourth-order valence-corrected chi connectivity index (χ4v) is 4.58. The van der Waals surface area contributed by atoms with E-state index in [4.69, 9.17) is 4.74 Å². The minimum absolute atomic E-state index is 0.0376. The Kier molecular flexibility index (Phi) is 5.73. The molecule has 0 spiro atoms. The van der Waals surface area contributed by atoms with E-state index in [1.165, 1.54) is 18.2 Å². The van der Waals surface area contributed by atoms with Crippen LogP contribution in [-0.4, -0.2) is 27.2 Å². The molecule has 0 amide bonds. The molecule has 0 saturated heterocycles. The standard InChI is InChI=1S/C21H20BrF2N3O3/c1-2-30-21(29)18-19(22)26-27-16(28)10-15(25-20(18)27)12-8-13(23)17(14(24)9-12)11-6-4-3-5-7-11/h8-11,25H,2-7H2,1H3. The summed E-state index contributed by atoms with van der Waals surface area (Å²) in [6, 6.07) is 3.64. The fraction of sp³-hybridized carbons (Fsp3) is 0.381. The van der Waals surface area contributed by atoms with Crippen molar-refractivity contribution in [2.24, 2.45) is 0 Å². The number of benzene rings is 1. The zero-order valence-electron chi connectivity index (χ0n) is 16.3. The monoisotopic (exact) mass is 479 g/mol. The van der Waals surface area contributed by atoms with Gasteiger partial charge in [-0.1, -0.05) is 19.3 Å². The molecular weight excluding hydrogens is 460 g/mol. The molecule has 2 aromatic heterocycles. The number of esters is 1. The van der Waals surface area contributed by atoms with Crippen molar-refractivity contribution in [3.05, 3.63) is 55.9 Å². The Morgan fingerprint density at radius 1 is 1.23 bits per heavy atom. The van der Waals surface area contributed by atoms with Crippen LogP contribution in [0.3, 0.4) is 0 Å². The van der Waals surface area contributed by atoms with Crippen LogP contribution in [-0.2, 0) is 4.74 Å². The molecule has 0 atom stereocenters. The quantitative estimate of drug-likeness (QED) is 0.536. The van der Waals surface area contributed by atoms with Crippen molar-refractivity contribution >= 4 is 27.5 Å². The third-order valence-electron chi connectivity index (χ3n) is 5.46. The van der Waals surface area contributed by atoms with Gasteiger partial charge in [0, 0.05) is 17.2 Å². The number of fused-ring (bicyclic) bond motifs is 1. The predicted molar refractivity (Wildman–Crippen MR) is 111 cm³/mol. The summed E-state index contributed by atoms with van der Waals surface area (Å²) in [5, 5.41) is 4.00. The van der Waals surface area contributed by atoms with Gasteiger partial charge in [0.05, 0.1) is 12.3 Å². The van der Waals surface area contributed by atoms with Gasteiger partial charge in [-0.05, 0) is 53.7 Å². The molecule has 0 unspecified atom stereocenters. The number of ether oxygens (including phenoxy) is 1. The van der Waals surface area contributed by atoms with Crippen LogP contribution in [0.25, 0.3) is 16.9 Å². The zero-order valence-corrected chi connectivity index (χ0v) is 17.9. The molecule has 1 aliphatic rings. The summed E-state index contributed by atoms with van der Waals surface area (Å²) < 4.78 is 35.9. The van der Waals surface area contributed by atoms with E-state index in [2.05, 4.69) is 26.0 Å². The van der Waals surface area contributed by atoms with Gasteiger partial charge in [-0.25, -0.2) is 13.6 Å². The second-order valence-corrected chi connectivity index (χ2v) is 8.11. The summed E-state index contributed by atoms with van der Waals surface area (Å²) in [5.74, 6) is -2.05. The topological polar surface area (TPSA) is 76.5 Å². The number of rotatable bonds is 4. The van der Waals surface area contributed by atoms with Crippen molar-refractivity contribution in [2.45, 2.75) is 44.9 Å². The number of halogens is 3. The van der Waals surface area contributed by atoms with Gasteiger partial charge < -0.3 is 9.72 Å². The molecule has 9 heteroatoms. The molecule has 2 heterocycles. The molecule has 1 saturated carbocycles. The molecule has 0 bridgehead atoms. The Labute approximate surface area is 179 Å². The van der Waals surface area contributed by atoms with Crippen LogP contribution in [0.5, 0.6) is 0 Å². The summed E-state index contributed by atoms with van der Waals surface area (Å²) >= 11 is 3.16. The fourth-order valence-electron chi connectivity index (χ4n) is 4.08. The molecule has 1 fully saturated rings. The average Bonchev–Trinajstić information content (AvgIpc) is 3.05. The number of carbonyl (C=O) groups is 1. The Bertz CT molecular complexity index is 1160. The van der Waals surface area contributed by atoms with Gasteiger partial charge in [-0.2, -0.15) is 9.61 Å². The van der Waals surface area contributed by atoms with E-state index in [9.17, 15) is 18.4 Å². The summed E-state index contributed by atoms with van der Waals surface area (Å²) in [5.41, 5.74) is 0.0404. The van der Waals surface area contributed by atoms with Crippen LogP contribution in [0.1, 0.15) is 60.9 Å². The molecule has 1 aliphatic carbocycles. The van der Waals surface area contributed by atoms with E-state index in [1.807, 2.05) is 0 Å². The number of nitrogens with one attached hydrogen (secondary N) is 1. The lowest BCUT2D eigenvalue weighted by Gasteiger charge is -2.23. The van der Waals surface area contributed by atoms with Crippen LogP contribution in [0.2, 0.25) is 0 Å². The van der Waals surface area contributed by atoms with Crippen molar-refractivity contribution in [1.82, 2.24) is 14.6 Å². The van der Waals surface area contributed by atoms with E-state index in [-0.39, 0.29) is 45.2 Å². The van der Waals surface area contributed by atoms with Gasteiger partial charge in [-0.15, -0.1) is 0 Å². The highest BCUT2D eigenvalue weighted by Gasteiger charge is 2.25. The van der Waals surface area contributed by atoms with E-state index < -0.39 is 23.2 Å². The molecule has 3 aromatic rings. The zero-order chi connectivity index (χ0) is 21.4. The van der Waals surface area contributed by atoms with E-state index >= 15 is 0 Å². The first-order chi connectivity index (χ1) is 14.4. The summed E-state index contributed by atoms with van der Waals surface area (Å²) in [7, 11) is 0. The van der Waals surface area contributed by atoms with E-state index in [0.717, 1.165) is 36.6 Å². The van der Waals surface area contributed by atoms with Crippen molar-refractivity contribution < 1.29 is 18.3 Å². The first kappa shape index (κ1) is 20.7. The maximum absolute atomic E-state index is 14.9. The lowest BCUT2D eigenvalue weighted by Crippen LogP contribution is -2.16. The van der Waals surface area contributed by atoms with Gasteiger partial charge in [0.2, 0.25) is 0 Å². The summed E-state index contributed by atoms with van der Waals surface area (Å²) in [4.78, 5) is 27.7. The van der Waals surface area contributed by atoms with Crippen molar-refractivity contribution in [3.8, 4) is 11.3 Å². The highest BCUT2D eigenvalue weighted by molar-refractivity contribution is 9.10.